The van der Waals surface area contributed by atoms with Gasteiger partial charge in [0.15, 0.2) is 5.82 Å². The molecule has 3 aromatic rings. The third-order valence-electron chi connectivity index (χ3n) is 3.41. The molecule has 0 aliphatic rings. The molecule has 6 heteroatoms. The molecule has 25 heavy (non-hydrogen) atoms. The molecule has 0 bridgehead atoms. The van der Waals surface area contributed by atoms with Gasteiger partial charge in [-0.15, -0.1) is 0 Å². The minimum atomic E-state index is 0.432. The smallest absolute Gasteiger partial charge is 0.216 e. The van der Waals surface area contributed by atoms with E-state index in [4.69, 9.17) is 17.0 Å². The molecule has 2 aromatic carbocycles. The van der Waals surface area contributed by atoms with E-state index < -0.39 is 0 Å². The topological polar surface area (TPSA) is 55.2 Å². The van der Waals surface area contributed by atoms with E-state index in [0.717, 1.165) is 16.9 Å². The molecule has 5 nitrogen and oxygen atoms in total. The molecule has 1 aromatic heterocycles. The lowest BCUT2D eigenvalue weighted by Crippen LogP contribution is -1.95. The number of rotatable bonds is 6. The second-order valence-electron chi connectivity index (χ2n) is 5.16. The van der Waals surface area contributed by atoms with Crippen LogP contribution in [0.4, 0.5) is 0 Å². The molecule has 126 valence electrons. The molecule has 0 radical (unpaired) electrons. The van der Waals surface area contributed by atoms with Gasteiger partial charge in [-0.25, -0.2) is 5.10 Å². The molecule has 1 N–H and O–H groups in total. The number of aromatic nitrogens is 3. The van der Waals surface area contributed by atoms with Gasteiger partial charge in [0.2, 0.25) is 4.77 Å². The first-order chi connectivity index (χ1) is 12.3. The number of aromatic amines is 1. The highest BCUT2D eigenvalue weighted by atomic mass is 32.1. The summed E-state index contributed by atoms with van der Waals surface area (Å²) in [5, 5.41) is 11.5. The maximum atomic E-state index is 5.54. The minimum Gasteiger partial charge on any atom is -0.494 e. The number of ether oxygens (including phenoxy) is 1. The number of allylic oxidation sites excluding steroid dienone is 1. The summed E-state index contributed by atoms with van der Waals surface area (Å²) in [6.07, 6.45) is 5.53. The monoisotopic (exact) mass is 350 g/mol. The molecule has 1 heterocycles. The SMILES string of the molecule is CCOc1cccc(-c2n[nH]c(=S)n2/N=C/C=Cc2ccccc2)c1. The molecule has 0 saturated heterocycles. The van der Waals surface area contributed by atoms with Crippen LogP contribution in [0.25, 0.3) is 17.5 Å². The normalized spacial score (nSPS) is 11.4. The van der Waals surface area contributed by atoms with E-state index >= 15 is 0 Å². The van der Waals surface area contributed by atoms with Gasteiger partial charge in [0.25, 0.3) is 0 Å². The Morgan fingerprint density at radius 3 is 2.84 bits per heavy atom. The third kappa shape index (κ3) is 4.30. The van der Waals surface area contributed by atoms with Gasteiger partial charge < -0.3 is 4.74 Å². The second-order valence-corrected chi connectivity index (χ2v) is 5.55. The maximum Gasteiger partial charge on any atom is 0.216 e. The van der Waals surface area contributed by atoms with Crippen LogP contribution in [0.1, 0.15) is 12.5 Å². The summed E-state index contributed by atoms with van der Waals surface area (Å²) in [6, 6.07) is 17.7. The predicted octanol–water partition coefficient (Wildman–Crippen LogP) is 4.55. The Morgan fingerprint density at radius 2 is 2.04 bits per heavy atom. The lowest BCUT2D eigenvalue weighted by Gasteiger charge is -2.05. The zero-order valence-corrected chi connectivity index (χ0v) is 14.6. The van der Waals surface area contributed by atoms with Gasteiger partial charge >= 0.3 is 0 Å². The van der Waals surface area contributed by atoms with Crippen LogP contribution in [0.15, 0.2) is 65.8 Å². The Balaban J connectivity index is 1.85. The van der Waals surface area contributed by atoms with Crippen molar-refractivity contribution in [2.24, 2.45) is 5.10 Å². The average molecular weight is 350 g/mol. The Labute approximate surface area is 151 Å². The van der Waals surface area contributed by atoms with Crippen LogP contribution in [0.5, 0.6) is 5.75 Å². The van der Waals surface area contributed by atoms with Crippen LogP contribution in [-0.2, 0) is 0 Å². The highest BCUT2D eigenvalue weighted by Crippen LogP contribution is 2.22. The Hall–Kier alpha value is -2.99. The Kier molecular flexibility index (Phi) is 5.53. The Morgan fingerprint density at radius 1 is 1.20 bits per heavy atom. The average Bonchev–Trinajstić information content (AvgIpc) is 3.01. The summed E-state index contributed by atoms with van der Waals surface area (Å²) < 4.78 is 7.56. The number of hydrogen-bond donors (Lipinski definition) is 1. The largest absolute Gasteiger partial charge is 0.494 e. The summed E-state index contributed by atoms with van der Waals surface area (Å²) in [5.74, 6) is 1.42. The van der Waals surface area contributed by atoms with Crippen LogP contribution >= 0.6 is 12.2 Å². The van der Waals surface area contributed by atoms with Gasteiger partial charge in [-0.3, -0.25) is 0 Å². The molecule has 0 unspecified atom stereocenters. The van der Waals surface area contributed by atoms with E-state index in [9.17, 15) is 0 Å². The minimum absolute atomic E-state index is 0.432. The highest BCUT2D eigenvalue weighted by molar-refractivity contribution is 7.71. The van der Waals surface area contributed by atoms with Gasteiger partial charge in [0.05, 0.1) is 6.61 Å². The first-order valence-corrected chi connectivity index (χ1v) is 8.35. The van der Waals surface area contributed by atoms with E-state index in [-0.39, 0.29) is 0 Å². The van der Waals surface area contributed by atoms with E-state index in [2.05, 4.69) is 15.3 Å². The van der Waals surface area contributed by atoms with Gasteiger partial charge in [0.1, 0.15) is 5.75 Å². The molecule has 0 aliphatic heterocycles. The fourth-order valence-electron chi connectivity index (χ4n) is 2.30. The molecule has 0 aliphatic carbocycles. The van der Waals surface area contributed by atoms with Crippen LogP contribution < -0.4 is 4.74 Å². The lowest BCUT2D eigenvalue weighted by atomic mass is 10.2. The van der Waals surface area contributed by atoms with Crippen LogP contribution in [0.3, 0.4) is 0 Å². The predicted molar refractivity (Wildman–Crippen MR) is 103 cm³/mol. The summed E-state index contributed by atoms with van der Waals surface area (Å²) in [6.45, 7) is 2.56. The summed E-state index contributed by atoms with van der Waals surface area (Å²) in [5.41, 5.74) is 1.98. The van der Waals surface area contributed by atoms with E-state index in [1.165, 1.54) is 0 Å². The first-order valence-electron chi connectivity index (χ1n) is 7.94. The van der Waals surface area contributed by atoms with Crippen LogP contribution in [0, 0.1) is 4.77 Å². The van der Waals surface area contributed by atoms with Crippen molar-refractivity contribution < 1.29 is 4.74 Å². The van der Waals surface area contributed by atoms with Gasteiger partial charge in [-0.05, 0) is 42.9 Å². The number of hydrogen-bond acceptors (Lipinski definition) is 4. The molecular formula is C19H18N4OS. The molecule has 0 amide bonds. The Bertz CT molecular complexity index is 941. The van der Waals surface area contributed by atoms with Crippen molar-refractivity contribution in [2.75, 3.05) is 6.61 Å². The van der Waals surface area contributed by atoms with E-state index in [1.807, 2.05) is 73.7 Å². The quantitative estimate of drug-likeness (QED) is 0.524. The van der Waals surface area contributed by atoms with E-state index in [0.29, 0.717) is 17.2 Å². The van der Waals surface area contributed by atoms with Crippen molar-refractivity contribution in [1.29, 1.82) is 0 Å². The van der Waals surface area contributed by atoms with Gasteiger partial charge in [-0.1, -0.05) is 48.5 Å². The fourth-order valence-corrected chi connectivity index (χ4v) is 2.48. The van der Waals surface area contributed by atoms with Crippen molar-refractivity contribution in [3.05, 3.63) is 71.0 Å². The summed E-state index contributed by atoms with van der Waals surface area (Å²) >= 11 is 5.28. The molecule has 0 saturated carbocycles. The number of nitrogens with one attached hydrogen (secondary N) is 1. The van der Waals surface area contributed by atoms with E-state index in [1.54, 1.807) is 10.9 Å². The zero-order valence-electron chi connectivity index (χ0n) is 13.8. The molecule has 0 atom stereocenters. The van der Waals surface area contributed by atoms with Crippen molar-refractivity contribution in [3.8, 4) is 17.1 Å². The third-order valence-corrected chi connectivity index (χ3v) is 3.67. The second kappa shape index (κ2) is 8.21. The van der Waals surface area contributed by atoms with Crippen molar-refractivity contribution in [3.63, 3.8) is 0 Å². The molecule has 0 fully saturated rings. The fraction of sp³-hybridized carbons (Fsp3) is 0.105. The number of H-pyrrole nitrogens is 1. The summed E-state index contributed by atoms with van der Waals surface area (Å²) in [7, 11) is 0. The van der Waals surface area contributed by atoms with Crippen LogP contribution in [-0.4, -0.2) is 27.7 Å². The maximum absolute atomic E-state index is 5.54. The van der Waals surface area contributed by atoms with Crippen LogP contribution in [0.2, 0.25) is 0 Å². The zero-order chi connectivity index (χ0) is 17.5. The molecule has 3 rings (SSSR count). The number of benzene rings is 2. The number of nitrogens with zero attached hydrogens (tertiary/aromatic N) is 3. The lowest BCUT2D eigenvalue weighted by molar-refractivity contribution is 0.340. The molecular weight excluding hydrogens is 332 g/mol. The summed E-state index contributed by atoms with van der Waals surface area (Å²) in [4.78, 5) is 0. The van der Waals surface area contributed by atoms with Crippen molar-refractivity contribution in [1.82, 2.24) is 14.9 Å². The van der Waals surface area contributed by atoms with Gasteiger partial charge in [-0.2, -0.15) is 14.9 Å². The van der Waals surface area contributed by atoms with Crippen molar-refractivity contribution in [2.45, 2.75) is 6.92 Å². The first kappa shape index (κ1) is 16.9. The van der Waals surface area contributed by atoms with Crippen molar-refractivity contribution >= 4 is 24.5 Å². The highest BCUT2D eigenvalue weighted by Gasteiger charge is 2.08. The molecule has 0 spiro atoms. The standard InChI is InChI=1S/C19H18N4OS/c1-2-24-17-12-6-11-16(14-17)18-21-22-19(25)23(18)20-13-7-10-15-8-4-3-5-9-15/h3-14H,2H2,1H3,(H,22,25)/b10-7?,20-13+. The van der Waals surface area contributed by atoms with Gasteiger partial charge in [0, 0.05) is 11.8 Å².